The Kier molecular flexibility index (Phi) is 18.5. The van der Waals surface area contributed by atoms with Crippen molar-refractivity contribution in [1.82, 2.24) is 43.6 Å². The minimum absolute atomic E-state index is 0.584. The van der Waals surface area contributed by atoms with Crippen LogP contribution in [0.15, 0.2) is 405 Å². The molecule has 0 aliphatic heterocycles. The lowest BCUT2D eigenvalue weighted by molar-refractivity contribution is 0.671. The molecular formula is C118H68N12OS2. The summed E-state index contributed by atoms with van der Waals surface area (Å²) in [7, 11) is 0. The molecule has 0 bridgehead atoms. The summed E-state index contributed by atoms with van der Waals surface area (Å²) in [5.74, 6) is 2.00. The van der Waals surface area contributed by atoms with Crippen LogP contribution in [0.3, 0.4) is 0 Å². The largest absolute Gasteiger partial charge is 0.454 e. The summed E-state index contributed by atoms with van der Waals surface area (Å²) < 4.78 is 18.9. The van der Waals surface area contributed by atoms with Crippen molar-refractivity contribution in [2.24, 2.45) is 0 Å². The highest BCUT2D eigenvalue weighted by Gasteiger charge is 2.25. The standard InChI is InChI=1S/C40H24N4S.C39H22N4O.C39H22N4S/c1-41-28-20-18-26(19-21-28)37-33-10-2-5-11-34(33)42-40(43-37)27-16-14-25(15-17-27)24-44-35-12-6-3-8-29(35)31-22-23-32-30-9-4-7-13-36(30)45-39(32)38(31)44;1-40-26-10-8-9-25(23-26)36-32-13-2-5-14-33(32)41-39(42-36)24-17-19-27(20-18-24)43-34-15-6-3-11-28(34)30-21-22-31-29-12-4-7-16-35(29)44-38(31)37(30)43;1-40-26-18-14-24(15-19-26)36-32-10-2-5-11-33(32)41-39(42-36)25-16-20-27(21-17-25)43-34-12-6-3-8-28(34)30-22-23-31-29-9-4-7-13-35(29)44-38(31)37(30)43/h2-23H,24H2;2*2-23H. The predicted octanol–water partition coefficient (Wildman–Crippen LogP) is 32.5. The average molecular weight is 1730 g/mol. The normalized spacial score (nSPS) is 11.6. The number of thiophene rings is 2. The third-order valence-electron chi connectivity index (χ3n) is 25.6. The van der Waals surface area contributed by atoms with E-state index < -0.39 is 0 Å². The fraction of sp³-hybridized carbons (Fsp3) is 0.00847. The monoisotopic (exact) mass is 1730 g/mol. The molecule has 0 saturated heterocycles. The molecule has 0 N–H and O–H groups in total. The Labute approximate surface area is 768 Å². The number of nitrogens with zero attached hydrogens (tertiary/aromatic N) is 12. The van der Waals surface area contributed by atoms with E-state index in [-0.39, 0.29) is 0 Å². The second kappa shape index (κ2) is 31.8. The molecule has 0 aliphatic rings. The van der Waals surface area contributed by atoms with E-state index in [0.717, 1.165) is 139 Å². The Balaban J connectivity index is 0.000000107. The van der Waals surface area contributed by atoms with Crippen molar-refractivity contribution in [3.8, 4) is 79.3 Å². The molecule has 9 heterocycles. The summed E-state index contributed by atoms with van der Waals surface area (Å²) in [5, 5.41) is 17.8. The van der Waals surface area contributed by atoms with Gasteiger partial charge in [0.15, 0.2) is 40.1 Å². The van der Waals surface area contributed by atoms with Crippen LogP contribution in [0.2, 0.25) is 0 Å². The summed E-state index contributed by atoms with van der Waals surface area (Å²) in [6.07, 6.45) is 0. The maximum absolute atomic E-state index is 7.48. The first-order valence-corrected chi connectivity index (χ1v) is 45.4. The number of hydrogen-bond donors (Lipinski definition) is 0. The average Bonchev–Trinajstić information content (AvgIpc) is 1.57. The molecule has 27 rings (SSSR count). The van der Waals surface area contributed by atoms with Crippen molar-refractivity contribution in [3.05, 3.63) is 440 Å². The zero-order valence-electron chi connectivity index (χ0n) is 70.9. The van der Waals surface area contributed by atoms with E-state index in [1.807, 2.05) is 168 Å². The Morgan fingerprint density at radius 2 is 0.624 bits per heavy atom. The lowest BCUT2D eigenvalue weighted by Crippen LogP contribution is -2.00. The van der Waals surface area contributed by atoms with Crippen molar-refractivity contribution in [2.45, 2.75) is 6.54 Å². The fourth-order valence-corrected chi connectivity index (χ4v) is 21.8. The van der Waals surface area contributed by atoms with E-state index in [1.165, 1.54) is 94.9 Å². The molecule has 18 aromatic carbocycles. The Morgan fingerprint density at radius 3 is 1.12 bits per heavy atom. The predicted molar refractivity (Wildman–Crippen MR) is 550 cm³/mol. The Morgan fingerprint density at radius 1 is 0.256 bits per heavy atom. The minimum Gasteiger partial charge on any atom is -0.454 e. The van der Waals surface area contributed by atoms with Crippen molar-refractivity contribution in [1.29, 1.82) is 0 Å². The van der Waals surface area contributed by atoms with E-state index in [0.29, 0.717) is 34.5 Å². The van der Waals surface area contributed by atoms with Gasteiger partial charge in [0.25, 0.3) is 0 Å². The van der Waals surface area contributed by atoms with Gasteiger partial charge in [-0.15, -0.1) is 22.7 Å². The SMILES string of the molecule is [C-]#[N+]c1ccc(-c2nc(-c3ccc(-n4c5ccccc5c5ccc6c7ccccc7sc6c54)cc3)nc3ccccc23)cc1.[C-]#[N+]c1ccc(-c2nc(-c3ccc(Cn4c5ccccc5c5ccc6c7ccccc7sc6c54)cc3)nc3ccccc23)cc1.[C-]#[N+]c1cccc(-c2nc(-c3ccc(-n4c5ccccc5c5ccc6c7ccccc7oc6c54)cc3)nc3ccccc23)c1. The van der Waals surface area contributed by atoms with Gasteiger partial charge in [-0.2, -0.15) is 0 Å². The van der Waals surface area contributed by atoms with Gasteiger partial charge in [-0.1, -0.05) is 285 Å². The molecule has 0 amide bonds. The molecule has 27 aromatic rings. The Hall–Kier alpha value is -17.9. The Bertz CT molecular complexity index is 9600. The second-order valence-corrected chi connectivity index (χ2v) is 35.2. The third-order valence-corrected chi connectivity index (χ3v) is 27.9. The summed E-state index contributed by atoms with van der Waals surface area (Å²) in [5.41, 5.74) is 24.9. The summed E-state index contributed by atoms with van der Waals surface area (Å²) in [6, 6.07) is 138. The molecule has 15 heteroatoms. The van der Waals surface area contributed by atoms with Gasteiger partial charge in [-0.05, 0) is 138 Å². The van der Waals surface area contributed by atoms with Gasteiger partial charge in [0.05, 0.1) is 90.3 Å². The van der Waals surface area contributed by atoms with E-state index in [9.17, 15) is 0 Å². The fourth-order valence-electron chi connectivity index (χ4n) is 19.3. The number of fused-ring (bicyclic) bond motifs is 24. The number of para-hydroxylation sites is 7. The lowest BCUT2D eigenvalue weighted by Gasteiger charge is -2.11. The molecule has 0 aliphatic carbocycles. The molecule has 133 heavy (non-hydrogen) atoms. The summed E-state index contributed by atoms with van der Waals surface area (Å²) in [6.45, 7) is 22.9. The number of rotatable bonds is 10. The molecule has 0 saturated carbocycles. The van der Waals surface area contributed by atoms with Crippen LogP contribution < -0.4 is 0 Å². The van der Waals surface area contributed by atoms with Crippen molar-refractivity contribution in [2.75, 3.05) is 0 Å². The van der Waals surface area contributed by atoms with Crippen LogP contribution in [0.25, 0.3) is 254 Å². The van der Waals surface area contributed by atoms with E-state index in [2.05, 4.69) is 283 Å². The van der Waals surface area contributed by atoms with Crippen LogP contribution in [0, 0.1) is 19.7 Å². The highest BCUT2D eigenvalue weighted by Crippen LogP contribution is 2.48. The molecular weight excluding hydrogens is 1670 g/mol. The molecule has 9 aromatic heterocycles. The van der Waals surface area contributed by atoms with Gasteiger partial charge in [-0.3, -0.25) is 0 Å². The molecule has 0 unspecified atom stereocenters. The van der Waals surface area contributed by atoms with Gasteiger partial charge < -0.3 is 18.1 Å². The first-order chi connectivity index (χ1) is 65.8. The zero-order chi connectivity index (χ0) is 88.3. The molecule has 13 nitrogen and oxygen atoms in total. The van der Waals surface area contributed by atoms with E-state index in [1.54, 1.807) is 0 Å². The highest BCUT2D eigenvalue weighted by atomic mass is 32.1. The first-order valence-electron chi connectivity index (χ1n) is 43.8. The van der Waals surface area contributed by atoms with Crippen molar-refractivity contribution in [3.63, 3.8) is 0 Å². The van der Waals surface area contributed by atoms with Crippen LogP contribution in [-0.2, 0) is 6.54 Å². The van der Waals surface area contributed by atoms with Crippen molar-refractivity contribution >= 4 is 200 Å². The molecule has 0 radical (unpaired) electrons. The van der Waals surface area contributed by atoms with Crippen LogP contribution in [0.1, 0.15) is 5.56 Å². The first kappa shape index (κ1) is 77.4. The van der Waals surface area contributed by atoms with E-state index in [4.69, 9.17) is 54.0 Å². The smallest absolute Gasteiger partial charge is 0.187 e. The van der Waals surface area contributed by atoms with Crippen LogP contribution >= 0.6 is 22.7 Å². The molecule has 618 valence electrons. The zero-order valence-corrected chi connectivity index (χ0v) is 72.5. The van der Waals surface area contributed by atoms with Gasteiger partial charge in [-0.25, -0.2) is 44.4 Å². The third kappa shape index (κ3) is 13.2. The minimum atomic E-state index is 0.584. The second-order valence-electron chi connectivity index (χ2n) is 33.1. The van der Waals surface area contributed by atoms with Crippen LogP contribution in [0.4, 0.5) is 17.1 Å². The number of hydrogen-bond acceptors (Lipinski definition) is 9. The number of furan rings is 1. The van der Waals surface area contributed by atoms with Crippen LogP contribution in [0.5, 0.6) is 0 Å². The van der Waals surface area contributed by atoms with Gasteiger partial charge >= 0.3 is 0 Å². The quantitative estimate of drug-likeness (QED) is 0.125. The van der Waals surface area contributed by atoms with Gasteiger partial charge in [0.2, 0.25) is 0 Å². The molecule has 0 fully saturated rings. The lowest BCUT2D eigenvalue weighted by atomic mass is 10.0. The number of aromatic nitrogens is 9. The van der Waals surface area contributed by atoms with E-state index >= 15 is 0 Å². The van der Waals surface area contributed by atoms with Crippen molar-refractivity contribution < 1.29 is 4.42 Å². The van der Waals surface area contributed by atoms with Gasteiger partial charge in [0, 0.05) is 130 Å². The topological polar surface area (TPSA) is 118 Å². The summed E-state index contributed by atoms with van der Waals surface area (Å²) >= 11 is 3.74. The maximum atomic E-state index is 7.48. The van der Waals surface area contributed by atoms with Crippen LogP contribution in [-0.4, -0.2) is 43.6 Å². The summed E-state index contributed by atoms with van der Waals surface area (Å²) in [4.78, 5) is 40.7. The number of benzene rings is 18. The highest BCUT2D eigenvalue weighted by molar-refractivity contribution is 7.27. The molecule has 0 atom stereocenters. The molecule has 0 spiro atoms. The van der Waals surface area contributed by atoms with Gasteiger partial charge in [0.1, 0.15) is 5.58 Å². The maximum Gasteiger partial charge on any atom is 0.187 e.